The number of carbonyl (C=O) groups excluding carboxylic acids is 3. The Hall–Kier alpha value is -3.49. The predicted octanol–water partition coefficient (Wildman–Crippen LogP) is 3.47. The summed E-state index contributed by atoms with van der Waals surface area (Å²) in [5.41, 5.74) is 0.497. The summed E-state index contributed by atoms with van der Waals surface area (Å²) < 4.78 is 33.7. The molecule has 2 amide bonds. The van der Waals surface area contributed by atoms with Crippen LogP contribution in [0.15, 0.2) is 48.5 Å². The molecule has 0 heterocycles. The summed E-state index contributed by atoms with van der Waals surface area (Å²) in [6.07, 6.45) is 0. The van der Waals surface area contributed by atoms with E-state index in [-0.39, 0.29) is 34.4 Å². The van der Waals surface area contributed by atoms with Gasteiger partial charge in [0.15, 0.2) is 6.61 Å². The highest BCUT2D eigenvalue weighted by molar-refractivity contribution is 6.04. The van der Waals surface area contributed by atoms with Gasteiger partial charge in [-0.3, -0.25) is 9.59 Å². The highest BCUT2D eigenvalue weighted by Crippen LogP contribution is 2.17. The van der Waals surface area contributed by atoms with Gasteiger partial charge in [-0.15, -0.1) is 0 Å². The molecule has 2 aromatic carbocycles. The van der Waals surface area contributed by atoms with E-state index in [2.05, 4.69) is 15.4 Å². The van der Waals surface area contributed by atoms with Gasteiger partial charge in [0.1, 0.15) is 5.75 Å². The number of nitrogens with one attached hydrogen (secondary N) is 2. The Balaban J connectivity index is 1.95. The summed E-state index contributed by atoms with van der Waals surface area (Å²) in [7, 11) is 0. The zero-order chi connectivity index (χ0) is 22.1. The van der Waals surface area contributed by atoms with E-state index in [1.165, 1.54) is 18.2 Å². The minimum Gasteiger partial charge on any atom is -0.452 e. The van der Waals surface area contributed by atoms with Gasteiger partial charge in [0, 0.05) is 6.54 Å². The van der Waals surface area contributed by atoms with Gasteiger partial charge in [0.25, 0.3) is 11.8 Å². The lowest BCUT2D eigenvalue weighted by atomic mass is 10.1. The number of ether oxygens (including phenoxy) is 2. The van der Waals surface area contributed by atoms with Crippen LogP contribution < -0.4 is 15.4 Å². The Kier molecular flexibility index (Phi) is 8.28. The molecule has 2 rings (SSSR count). The van der Waals surface area contributed by atoms with Crippen molar-refractivity contribution in [1.82, 2.24) is 5.32 Å². The lowest BCUT2D eigenvalue weighted by Gasteiger charge is -2.13. The van der Waals surface area contributed by atoms with Gasteiger partial charge >= 0.3 is 12.6 Å². The first-order chi connectivity index (χ1) is 14.3. The number of alkyl halides is 2. The molecule has 0 fully saturated rings. The van der Waals surface area contributed by atoms with Crippen LogP contribution in [0.3, 0.4) is 0 Å². The van der Waals surface area contributed by atoms with Gasteiger partial charge in [-0.05, 0) is 36.2 Å². The van der Waals surface area contributed by atoms with E-state index in [9.17, 15) is 23.2 Å². The Bertz CT molecular complexity index is 902. The smallest absolute Gasteiger partial charge is 0.387 e. The average molecular weight is 420 g/mol. The molecule has 30 heavy (non-hydrogen) atoms. The number of para-hydroxylation sites is 1. The molecular weight excluding hydrogens is 398 g/mol. The third-order valence-corrected chi connectivity index (χ3v) is 3.75. The first-order valence-corrected chi connectivity index (χ1v) is 9.15. The fourth-order valence-electron chi connectivity index (χ4n) is 2.38. The van der Waals surface area contributed by atoms with Crippen LogP contribution >= 0.6 is 0 Å². The van der Waals surface area contributed by atoms with E-state index < -0.39 is 25.1 Å². The van der Waals surface area contributed by atoms with E-state index in [1.54, 1.807) is 24.3 Å². The maximum absolute atomic E-state index is 12.3. The highest BCUT2D eigenvalue weighted by atomic mass is 19.3. The molecule has 0 saturated heterocycles. The van der Waals surface area contributed by atoms with E-state index in [1.807, 2.05) is 13.8 Å². The first kappa shape index (κ1) is 22.8. The first-order valence-electron chi connectivity index (χ1n) is 9.15. The molecule has 0 aliphatic carbocycles. The standard InChI is InChI=1S/C21H22F2N2O5/c1-13(2)11-24-19(27)16-8-3-4-9-17(16)25-18(26)12-29-20(28)14-6-5-7-15(10-14)30-21(22)23/h3-10,13,21H,11-12H2,1-2H3,(H,24,27)(H,25,26). The minimum atomic E-state index is -3.03. The van der Waals surface area contributed by atoms with Crippen LogP contribution in [0.2, 0.25) is 0 Å². The Labute approximate surface area is 172 Å². The van der Waals surface area contributed by atoms with Crippen LogP contribution in [-0.2, 0) is 9.53 Å². The third kappa shape index (κ3) is 7.16. The second-order valence-corrected chi connectivity index (χ2v) is 6.68. The molecule has 0 saturated carbocycles. The Morgan fingerprint density at radius 1 is 1.03 bits per heavy atom. The normalized spacial score (nSPS) is 10.6. The highest BCUT2D eigenvalue weighted by Gasteiger charge is 2.16. The molecule has 7 nitrogen and oxygen atoms in total. The molecule has 0 aliphatic rings. The second kappa shape index (κ2) is 10.9. The molecule has 0 aromatic heterocycles. The molecule has 160 valence electrons. The number of benzene rings is 2. The summed E-state index contributed by atoms with van der Waals surface area (Å²) in [6.45, 7) is 0.739. The summed E-state index contributed by atoms with van der Waals surface area (Å²) in [5.74, 6) is -1.82. The van der Waals surface area contributed by atoms with Gasteiger partial charge in [-0.25, -0.2) is 4.79 Å². The van der Waals surface area contributed by atoms with Crippen molar-refractivity contribution >= 4 is 23.5 Å². The van der Waals surface area contributed by atoms with Crippen molar-refractivity contribution in [2.45, 2.75) is 20.5 Å². The predicted molar refractivity (Wildman–Crippen MR) is 106 cm³/mol. The Morgan fingerprint density at radius 2 is 1.77 bits per heavy atom. The van der Waals surface area contributed by atoms with E-state index >= 15 is 0 Å². The van der Waals surface area contributed by atoms with Crippen molar-refractivity contribution in [3.8, 4) is 5.75 Å². The zero-order valence-electron chi connectivity index (χ0n) is 16.5. The number of halogens is 2. The molecule has 0 spiro atoms. The fraction of sp³-hybridized carbons (Fsp3) is 0.286. The number of esters is 1. The van der Waals surface area contributed by atoms with Crippen molar-refractivity contribution in [2.75, 3.05) is 18.5 Å². The van der Waals surface area contributed by atoms with E-state index in [4.69, 9.17) is 4.74 Å². The molecule has 2 N–H and O–H groups in total. The molecule has 9 heteroatoms. The fourth-order valence-corrected chi connectivity index (χ4v) is 2.38. The van der Waals surface area contributed by atoms with Crippen LogP contribution in [0.4, 0.5) is 14.5 Å². The second-order valence-electron chi connectivity index (χ2n) is 6.68. The van der Waals surface area contributed by atoms with Crippen LogP contribution in [-0.4, -0.2) is 37.5 Å². The van der Waals surface area contributed by atoms with Crippen molar-refractivity contribution in [1.29, 1.82) is 0 Å². The molecule has 0 bridgehead atoms. The number of amides is 2. The number of hydrogen-bond donors (Lipinski definition) is 2. The number of rotatable bonds is 9. The van der Waals surface area contributed by atoms with Gasteiger partial charge in [-0.2, -0.15) is 8.78 Å². The van der Waals surface area contributed by atoms with Gasteiger partial charge in [0.2, 0.25) is 0 Å². The maximum atomic E-state index is 12.3. The van der Waals surface area contributed by atoms with Crippen molar-refractivity contribution in [3.63, 3.8) is 0 Å². The van der Waals surface area contributed by atoms with Crippen LogP contribution in [0, 0.1) is 5.92 Å². The Morgan fingerprint density at radius 3 is 2.47 bits per heavy atom. The molecule has 0 unspecified atom stereocenters. The summed E-state index contributed by atoms with van der Waals surface area (Å²) in [4.78, 5) is 36.5. The van der Waals surface area contributed by atoms with Gasteiger partial charge < -0.3 is 20.1 Å². The zero-order valence-corrected chi connectivity index (χ0v) is 16.5. The SMILES string of the molecule is CC(C)CNC(=O)c1ccccc1NC(=O)COC(=O)c1cccc(OC(F)F)c1. The van der Waals surface area contributed by atoms with Crippen molar-refractivity contribution in [3.05, 3.63) is 59.7 Å². The number of hydrogen-bond acceptors (Lipinski definition) is 5. The molecular formula is C21H22F2N2O5. The number of anilines is 1. The quantitative estimate of drug-likeness (QED) is 0.606. The minimum absolute atomic E-state index is 0.0468. The summed E-state index contributed by atoms with van der Waals surface area (Å²) in [5, 5.41) is 5.28. The molecule has 0 aliphatic heterocycles. The van der Waals surface area contributed by atoms with Crippen molar-refractivity contribution in [2.24, 2.45) is 5.92 Å². The lowest BCUT2D eigenvalue weighted by molar-refractivity contribution is -0.119. The summed E-state index contributed by atoms with van der Waals surface area (Å²) >= 11 is 0. The number of carbonyl (C=O) groups is 3. The summed E-state index contributed by atoms with van der Waals surface area (Å²) in [6, 6.07) is 11.5. The average Bonchev–Trinajstić information content (AvgIpc) is 2.70. The van der Waals surface area contributed by atoms with E-state index in [0.29, 0.717) is 6.54 Å². The topological polar surface area (TPSA) is 93.7 Å². The van der Waals surface area contributed by atoms with Gasteiger partial charge in [0.05, 0.1) is 16.8 Å². The maximum Gasteiger partial charge on any atom is 0.387 e. The van der Waals surface area contributed by atoms with Gasteiger partial charge in [-0.1, -0.05) is 32.0 Å². The monoisotopic (exact) mass is 420 g/mol. The molecule has 2 aromatic rings. The largest absolute Gasteiger partial charge is 0.452 e. The van der Waals surface area contributed by atoms with Crippen molar-refractivity contribution < 1.29 is 32.6 Å². The van der Waals surface area contributed by atoms with Crippen LogP contribution in [0.5, 0.6) is 5.75 Å². The van der Waals surface area contributed by atoms with E-state index in [0.717, 1.165) is 6.07 Å². The van der Waals surface area contributed by atoms with Crippen LogP contribution in [0.25, 0.3) is 0 Å². The third-order valence-electron chi connectivity index (χ3n) is 3.75. The molecule has 0 atom stereocenters. The van der Waals surface area contributed by atoms with Crippen LogP contribution in [0.1, 0.15) is 34.6 Å². The molecule has 0 radical (unpaired) electrons. The lowest BCUT2D eigenvalue weighted by Crippen LogP contribution is -2.29.